The smallest absolute Gasteiger partial charge is 0.323 e. The summed E-state index contributed by atoms with van der Waals surface area (Å²) in [5.74, 6) is 0.0947. The van der Waals surface area contributed by atoms with Crippen molar-refractivity contribution in [2.45, 2.75) is 0 Å². The number of hydrogen-bond acceptors (Lipinski definition) is 2. The van der Waals surface area contributed by atoms with Gasteiger partial charge in [-0.1, -0.05) is 29.8 Å². The van der Waals surface area contributed by atoms with Gasteiger partial charge in [0.2, 0.25) is 0 Å². The summed E-state index contributed by atoms with van der Waals surface area (Å²) in [5, 5.41) is 15.1. The van der Waals surface area contributed by atoms with Crippen LogP contribution < -0.4 is 10.6 Å². The van der Waals surface area contributed by atoms with Crippen LogP contribution in [0, 0.1) is 0 Å². The molecule has 0 radical (unpaired) electrons. The first-order valence-corrected chi connectivity index (χ1v) is 6.30. The van der Waals surface area contributed by atoms with E-state index < -0.39 is 6.03 Å². The molecule has 2 amide bonds. The van der Waals surface area contributed by atoms with Crippen LogP contribution in [0.3, 0.4) is 0 Å². The summed E-state index contributed by atoms with van der Waals surface area (Å²) in [5.41, 5.74) is 1.40. The molecule has 0 spiro atoms. The van der Waals surface area contributed by atoms with Crippen molar-refractivity contribution in [1.82, 2.24) is 5.32 Å². The fourth-order valence-corrected chi connectivity index (χ4v) is 1.77. The molecule has 0 aliphatic heterocycles. The molecule has 20 heavy (non-hydrogen) atoms. The predicted molar refractivity (Wildman–Crippen MR) is 80.7 cm³/mol. The molecule has 102 valence electrons. The Bertz CT molecular complexity index is 641. The molecule has 5 heteroatoms. The standard InChI is InChI=1S/C15H13ClN2O2/c16-12-4-1-3-11(9-12)7-8-17-15(20)18-13-5-2-6-14(19)10-13/h1-10,19H,(H2,17,18,20)/b8-7+. The fraction of sp³-hybridized carbons (Fsp3) is 0. The molecular formula is C15H13ClN2O2. The zero-order valence-electron chi connectivity index (χ0n) is 10.5. The van der Waals surface area contributed by atoms with Gasteiger partial charge in [-0.2, -0.15) is 0 Å². The molecule has 0 fully saturated rings. The number of carbonyl (C=O) groups excluding carboxylic acids is 1. The zero-order valence-corrected chi connectivity index (χ0v) is 11.3. The van der Waals surface area contributed by atoms with E-state index in [9.17, 15) is 9.90 Å². The lowest BCUT2D eigenvalue weighted by Gasteiger charge is -2.04. The Morgan fingerprint density at radius 2 is 1.95 bits per heavy atom. The van der Waals surface area contributed by atoms with E-state index in [2.05, 4.69) is 10.6 Å². The quantitative estimate of drug-likeness (QED) is 0.803. The van der Waals surface area contributed by atoms with E-state index in [4.69, 9.17) is 11.6 Å². The van der Waals surface area contributed by atoms with Crippen molar-refractivity contribution in [3.63, 3.8) is 0 Å². The van der Waals surface area contributed by atoms with Crippen LogP contribution in [0.5, 0.6) is 5.75 Å². The summed E-state index contributed by atoms with van der Waals surface area (Å²) in [7, 11) is 0. The Morgan fingerprint density at radius 3 is 2.70 bits per heavy atom. The molecule has 0 unspecified atom stereocenters. The lowest BCUT2D eigenvalue weighted by atomic mass is 10.2. The molecule has 0 aromatic heterocycles. The molecule has 3 N–H and O–H groups in total. The highest BCUT2D eigenvalue weighted by Crippen LogP contribution is 2.15. The lowest BCUT2D eigenvalue weighted by molar-refractivity contribution is 0.255. The number of nitrogens with one attached hydrogen (secondary N) is 2. The largest absolute Gasteiger partial charge is 0.508 e. The van der Waals surface area contributed by atoms with E-state index in [1.807, 2.05) is 12.1 Å². The molecule has 2 aromatic carbocycles. The number of halogens is 1. The first-order valence-electron chi connectivity index (χ1n) is 5.92. The summed E-state index contributed by atoms with van der Waals surface area (Å²) < 4.78 is 0. The summed E-state index contributed by atoms with van der Waals surface area (Å²) in [6.45, 7) is 0. The highest BCUT2D eigenvalue weighted by molar-refractivity contribution is 6.30. The van der Waals surface area contributed by atoms with Crippen molar-refractivity contribution >= 4 is 29.4 Å². The van der Waals surface area contributed by atoms with Gasteiger partial charge in [0.15, 0.2) is 0 Å². The van der Waals surface area contributed by atoms with Gasteiger partial charge in [0.25, 0.3) is 0 Å². The monoisotopic (exact) mass is 288 g/mol. The first-order chi connectivity index (χ1) is 9.63. The van der Waals surface area contributed by atoms with Crippen LogP contribution in [0.1, 0.15) is 5.56 Å². The normalized spacial score (nSPS) is 10.4. The number of rotatable bonds is 3. The van der Waals surface area contributed by atoms with Crippen LogP contribution in [0.25, 0.3) is 6.08 Å². The van der Waals surface area contributed by atoms with Crippen LogP contribution in [-0.4, -0.2) is 11.1 Å². The molecule has 2 rings (SSSR count). The average Bonchev–Trinajstić information content (AvgIpc) is 2.38. The third-order valence-corrected chi connectivity index (χ3v) is 2.68. The second-order valence-electron chi connectivity index (χ2n) is 4.04. The zero-order chi connectivity index (χ0) is 14.4. The van der Waals surface area contributed by atoms with Crippen LogP contribution in [0.4, 0.5) is 10.5 Å². The number of urea groups is 1. The van der Waals surface area contributed by atoms with Crippen molar-refractivity contribution in [2.24, 2.45) is 0 Å². The van der Waals surface area contributed by atoms with E-state index >= 15 is 0 Å². The highest BCUT2D eigenvalue weighted by Gasteiger charge is 1.99. The van der Waals surface area contributed by atoms with Crippen LogP contribution in [0.15, 0.2) is 54.7 Å². The SMILES string of the molecule is O=C(N/C=C/c1cccc(Cl)c1)Nc1cccc(O)c1. The van der Waals surface area contributed by atoms with Crippen LogP contribution in [0.2, 0.25) is 5.02 Å². The minimum atomic E-state index is -0.395. The number of carbonyl (C=O) groups is 1. The fourth-order valence-electron chi connectivity index (χ4n) is 1.57. The van der Waals surface area contributed by atoms with Gasteiger partial charge in [-0.15, -0.1) is 0 Å². The molecule has 0 aliphatic carbocycles. The average molecular weight is 289 g/mol. The minimum absolute atomic E-state index is 0.0947. The molecule has 0 saturated heterocycles. The van der Waals surface area contributed by atoms with E-state index in [-0.39, 0.29) is 5.75 Å². The summed E-state index contributed by atoms with van der Waals surface area (Å²) in [6, 6.07) is 13.2. The second-order valence-corrected chi connectivity index (χ2v) is 4.47. The second kappa shape index (κ2) is 6.63. The van der Waals surface area contributed by atoms with Gasteiger partial charge < -0.3 is 15.7 Å². The maximum Gasteiger partial charge on any atom is 0.323 e. The Morgan fingerprint density at radius 1 is 1.15 bits per heavy atom. The molecule has 0 saturated carbocycles. The van der Waals surface area contributed by atoms with Crippen LogP contribution in [-0.2, 0) is 0 Å². The molecule has 0 atom stereocenters. The molecular weight excluding hydrogens is 276 g/mol. The maximum absolute atomic E-state index is 11.6. The number of anilines is 1. The topological polar surface area (TPSA) is 61.4 Å². The van der Waals surface area contributed by atoms with E-state index in [1.165, 1.54) is 18.3 Å². The molecule has 0 bridgehead atoms. The van der Waals surface area contributed by atoms with Crippen molar-refractivity contribution < 1.29 is 9.90 Å². The maximum atomic E-state index is 11.6. The number of phenols is 1. The molecule has 0 heterocycles. The third-order valence-electron chi connectivity index (χ3n) is 2.44. The number of aromatic hydroxyl groups is 1. The molecule has 0 aliphatic rings. The first kappa shape index (κ1) is 14.0. The van der Waals surface area contributed by atoms with Gasteiger partial charge >= 0.3 is 6.03 Å². The predicted octanol–water partition coefficient (Wildman–Crippen LogP) is 3.84. The van der Waals surface area contributed by atoms with E-state index in [1.54, 1.807) is 30.3 Å². The number of benzene rings is 2. The Balaban J connectivity index is 1.89. The third kappa shape index (κ3) is 4.33. The Kier molecular flexibility index (Phi) is 4.63. The van der Waals surface area contributed by atoms with Gasteiger partial charge in [-0.25, -0.2) is 4.79 Å². The van der Waals surface area contributed by atoms with Crippen molar-refractivity contribution in [3.8, 4) is 5.75 Å². The van der Waals surface area contributed by atoms with Crippen molar-refractivity contribution in [3.05, 3.63) is 65.3 Å². The van der Waals surface area contributed by atoms with Crippen molar-refractivity contribution in [2.75, 3.05) is 5.32 Å². The minimum Gasteiger partial charge on any atom is -0.508 e. The van der Waals surface area contributed by atoms with Gasteiger partial charge in [0, 0.05) is 23.0 Å². The van der Waals surface area contributed by atoms with Gasteiger partial charge in [-0.05, 0) is 35.9 Å². The highest BCUT2D eigenvalue weighted by atomic mass is 35.5. The molecule has 4 nitrogen and oxygen atoms in total. The number of phenolic OH excluding ortho intramolecular Hbond substituents is 1. The summed E-state index contributed by atoms with van der Waals surface area (Å²) in [6.07, 6.45) is 3.25. The van der Waals surface area contributed by atoms with Crippen molar-refractivity contribution in [1.29, 1.82) is 0 Å². The summed E-state index contributed by atoms with van der Waals surface area (Å²) >= 11 is 5.85. The van der Waals surface area contributed by atoms with E-state index in [0.29, 0.717) is 10.7 Å². The number of hydrogen-bond donors (Lipinski definition) is 3. The van der Waals surface area contributed by atoms with Crippen LogP contribution >= 0.6 is 11.6 Å². The Hall–Kier alpha value is -2.46. The lowest BCUT2D eigenvalue weighted by Crippen LogP contribution is -2.23. The van der Waals surface area contributed by atoms with Gasteiger partial charge in [0.1, 0.15) is 5.75 Å². The van der Waals surface area contributed by atoms with Gasteiger partial charge in [0.05, 0.1) is 0 Å². The van der Waals surface area contributed by atoms with Gasteiger partial charge in [-0.3, -0.25) is 0 Å². The number of amides is 2. The Labute approximate surface area is 121 Å². The summed E-state index contributed by atoms with van der Waals surface area (Å²) in [4.78, 5) is 11.6. The molecule has 2 aromatic rings. The van der Waals surface area contributed by atoms with E-state index in [0.717, 1.165) is 5.56 Å².